The molecule has 0 saturated heterocycles. The topological polar surface area (TPSA) is 66.5 Å². The second-order valence-corrected chi connectivity index (χ2v) is 10.4. The first-order chi connectivity index (χ1) is 10.4. The molecule has 5 nitrogen and oxygen atoms in total. The standard InChI is InChI=1S/C16H26N2O3S2/c1-12-7-8-13(11-14(12)18(5)23(6,20)21)15(19)17-9-10-22-16(2,3)4/h7-8,11H,9-10H2,1-6H3,(H,17,19). The summed E-state index contributed by atoms with van der Waals surface area (Å²) in [6.45, 7) is 8.79. The second kappa shape index (κ2) is 7.57. The number of rotatable bonds is 6. The highest BCUT2D eigenvalue weighted by Crippen LogP contribution is 2.23. The molecule has 1 aromatic rings. The van der Waals surface area contributed by atoms with Crippen molar-refractivity contribution in [3.8, 4) is 0 Å². The lowest BCUT2D eigenvalue weighted by Crippen LogP contribution is -2.28. The first kappa shape index (κ1) is 19.8. The average Bonchev–Trinajstić information content (AvgIpc) is 2.41. The average molecular weight is 359 g/mol. The van der Waals surface area contributed by atoms with E-state index in [9.17, 15) is 13.2 Å². The van der Waals surface area contributed by atoms with Crippen molar-refractivity contribution in [1.82, 2.24) is 5.32 Å². The molecule has 0 unspecified atom stereocenters. The lowest BCUT2D eigenvalue weighted by Gasteiger charge is -2.20. The van der Waals surface area contributed by atoms with Gasteiger partial charge in [0.2, 0.25) is 10.0 Å². The summed E-state index contributed by atoms with van der Waals surface area (Å²) in [5, 5.41) is 2.87. The summed E-state index contributed by atoms with van der Waals surface area (Å²) < 4.78 is 24.7. The van der Waals surface area contributed by atoms with Gasteiger partial charge in [-0.05, 0) is 24.6 Å². The molecule has 7 heteroatoms. The highest BCUT2D eigenvalue weighted by molar-refractivity contribution is 8.00. The van der Waals surface area contributed by atoms with E-state index in [0.29, 0.717) is 17.8 Å². The van der Waals surface area contributed by atoms with E-state index in [1.165, 1.54) is 11.4 Å². The summed E-state index contributed by atoms with van der Waals surface area (Å²) in [5.74, 6) is 0.639. The quantitative estimate of drug-likeness (QED) is 0.794. The predicted molar refractivity (Wildman–Crippen MR) is 99.0 cm³/mol. The number of anilines is 1. The van der Waals surface area contributed by atoms with Crippen molar-refractivity contribution in [2.24, 2.45) is 0 Å². The minimum atomic E-state index is -3.36. The molecular formula is C16H26N2O3S2. The first-order valence-corrected chi connectivity index (χ1v) is 10.2. The molecule has 130 valence electrons. The van der Waals surface area contributed by atoms with Crippen molar-refractivity contribution >= 4 is 33.4 Å². The molecule has 0 saturated carbocycles. The summed E-state index contributed by atoms with van der Waals surface area (Å²) in [7, 11) is -1.87. The Morgan fingerprint density at radius 2 is 1.91 bits per heavy atom. The van der Waals surface area contributed by atoms with Gasteiger partial charge in [-0.1, -0.05) is 26.8 Å². The van der Waals surface area contributed by atoms with Crippen LogP contribution in [0.4, 0.5) is 5.69 Å². The Morgan fingerprint density at radius 3 is 2.43 bits per heavy atom. The first-order valence-electron chi connectivity index (χ1n) is 7.38. The van der Waals surface area contributed by atoms with Crippen LogP contribution < -0.4 is 9.62 Å². The highest BCUT2D eigenvalue weighted by Gasteiger charge is 2.17. The van der Waals surface area contributed by atoms with Gasteiger partial charge in [0, 0.05) is 29.7 Å². The Labute approximate surface area is 143 Å². The van der Waals surface area contributed by atoms with Gasteiger partial charge < -0.3 is 5.32 Å². The third-order valence-corrected chi connectivity index (χ3v) is 5.70. The molecule has 1 N–H and O–H groups in total. The van der Waals surface area contributed by atoms with Crippen molar-refractivity contribution in [3.05, 3.63) is 29.3 Å². The maximum absolute atomic E-state index is 12.2. The van der Waals surface area contributed by atoms with E-state index in [1.807, 2.05) is 6.92 Å². The van der Waals surface area contributed by atoms with E-state index in [4.69, 9.17) is 0 Å². The van der Waals surface area contributed by atoms with E-state index >= 15 is 0 Å². The molecule has 0 spiro atoms. The normalized spacial score (nSPS) is 12.1. The summed E-state index contributed by atoms with van der Waals surface area (Å²) >= 11 is 1.78. The Balaban J connectivity index is 2.80. The summed E-state index contributed by atoms with van der Waals surface area (Å²) in [5.41, 5.74) is 1.78. The van der Waals surface area contributed by atoms with E-state index in [2.05, 4.69) is 26.1 Å². The zero-order valence-electron chi connectivity index (χ0n) is 14.6. The van der Waals surface area contributed by atoms with Gasteiger partial charge in [-0.25, -0.2) is 8.42 Å². The number of nitrogens with zero attached hydrogens (tertiary/aromatic N) is 1. The number of hydrogen-bond acceptors (Lipinski definition) is 4. The minimum Gasteiger partial charge on any atom is -0.351 e. The molecule has 0 bridgehead atoms. The van der Waals surface area contributed by atoms with Crippen LogP contribution in [0.1, 0.15) is 36.7 Å². The van der Waals surface area contributed by atoms with Gasteiger partial charge in [0.1, 0.15) is 0 Å². The van der Waals surface area contributed by atoms with Crippen molar-refractivity contribution in [3.63, 3.8) is 0 Å². The maximum Gasteiger partial charge on any atom is 0.251 e. The second-order valence-electron chi connectivity index (χ2n) is 6.45. The van der Waals surface area contributed by atoms with E-state index in [1.54, 1.807) is 30.0 Å². The smallest absolute Gasteiger partial charge is 0.251 e. The molecule has 1 amide bonds. The van der Waals surface area contributed by atoms with Gasteiger partial charge in [0.25, 0.3) is 5.91 Å². The minimum absolute atomic E-state index is 0.167. The van der Waals surface area contributed by atoms with Gasteiger partial charge in [-0.15, -0.1) is 0 Å². The number of nitrogens with one attached hydrogen (secondary N) is 1. The van der Waals surface area contributed by atoms with Crippen LogP contribution >= 0.6 is 11.8 Å². The van der Waals surface area contributed by atoms with Crippen LogP contribution in [-0.4, -0.2) is 44.7 Å². The summed E-state index contributed by atoms with van der Waals surface area (Å²) in [4.78, 5) is 12.2. The molecule has 0 radical (unpaired) electrons. The Bertz CT molecular complexity index is 664. The third-order valence-electron chi connectivity index (χ3n) is 3.23. The predicted octanol–water partition coefficient (Wildman–Crippen LogP) is 2.65. The highest BCUT2D eigenvalue weighted by atomic mass is 32.2. The number of carbonyl (C=O) groups excluding carboxylic acids is 1. The van der Waals surface area contributed by atoms with E-state index in [0.717, 1.165) is 17.6 Å². The summed E-state index contributed by atoms with van der Waals surface area (Å²) in [6.07, 6.45) is 1.14. The molecule has 0 heterocycles. The van der Waals surface area contributed by atoms with Crippen LogP contribution in [0.3, 0.4) is 0 Å². The Kier molecular flexibility index (Phi) is 6.53. The van der Waals surface area contributed by atoms with Gasteiger partial charge in [0.15, 0.2) is 0 Å². The molecule has 0 aliphatic heterocycles. The molecule has 0 aliphatic rings. The van der Waals surface area contributed by atoms with Crippen LogP contribution in [-0.2, 0) is 10.0 Å². The number of benzene rings is 1. The molecule has 1 rings (SSSR count). The molecule has 0 aliphatic carbocycles. The van der Waals surface area contributed by atoms with Gasteiger partial charge in [0.05, 0.1) is 11.9 Å². The largest absolute Gasteiger partial charge is 0.351 e. The van der Waals surface area contributed by atoms with E-state index < -0.39 is 10.0 Å². The molecule has 0 fully saturated rings. The Morgan fingerprint density at radius 1 is 1.30 bits per heavy atom. The monoisotopic (exact) mass is 358 g/mol. The van der Waals surface area contributed by atoms with Gasteiger partial charge in [-0.2, -0.15) is 11.8 Å². The lowest BCUT2D eigenvalue weighted by molar-refractivity contribution is 0.0956. The van der Waals surface area contributed by atoms with Gasteiger partial charge in [-0.3, -0.25) is 9.10 Å². The molecule has 0 atom stereocenters. The van der Waals surface area contributed by atoms with Crippen molar-refractivity contribution in [2.75, 3.05) is 29.9 Å². The molecule has 0 aromatic heterocycles. The lowest BCUT2D eigenvalue weighted by atomic mass is 10.1. The van der Waals surface area contributed by atoms with Crippen LogP contribution in [0.15, 0.2) is 18.2 Å². The number of aryl methyl sites for hydroxylation is 1. The number of hydrogen-bond donors (Lipinski definition) is 1. The fourth-order valence-corrected chi connectivity index (χ4v) is 3.26. The van der Waals surface area contributed by atoms with Crippen LogP contribution in [0.2, 0.25) is 0 Å². The third kappa shape index (κ3) is 6.43. The zero-order chi connectivity index (χ0) is 17.8. The van der Waals surface area contributed by atoms with Crippen LogP contribution in [0, 0.1) is 6.92 Å². The molecule has 1 aromatic carbocycles. The van der Waals surface area contributed by atoms with Crippen LogP contribution in [0.25, 0.3) is 0 Å². The maximum atomic E-state index is 12.2. The van der Waals surface area contributed by atoms with Crippen molar-refractivity contribution in [1.29, 1.82) is 0 Å². The van der Waals surface area contributed by atoms with Crippen LogP contribution in [0.5, 0.6) is 0 Å². The Hall–Kier alpha value is -1.21. The number of amides is 1. The van der Waals surface area contributed by atoms with Crippen molar-refractivity contribution in [2.45, 2.75) is 32.4 Å². The zero-order valence-corrected chi connectivity index (χ0v) is 16.3. The molecule has 23 heavy (non-hydrogen) atoms. The number of thioether (sulfide) groups is 1. The number of carbonyl (C=O) groups is 1. The fourth-order valence-electron chi connectivity index (χ4n) is 1.89. The van der Waals surface area contributed by atoms with Crippen molar-refractivity contribution < 1.29 is 13.2 Å². The summed E-state index contributed by atoms with van der Waals surface area (Å²) in [6, 6.07) is 5.08. The SMILES string of the molecule is Cc1ccc(C(=O)NCCSC(C)(C)C)cc1N(C)S(C)(=O)=O. The molecular weight excluding hydrogens is 332 g/mol. The van der Waals surface area contributed by atoms with Gasteiger partial charge >= 0.3 is 0 Å². The fraction of sp³-hybridized carbons (Fsp3) is 0.562. The van der Waals surface area contributed by atoms with E-state index in [-0.39, 0.29) is 10.7 Å². The number of sulfonamides is 1.